The topological polar surface area (TPSA) is 43.0 Å². The normalized spacial score (nSPS) is 10.5. The monoisotopic (exact) mass is 240 g/mol. The molecular formula is C12H20N2O3. The zero-order valence-electron chi connectivity index (χ0n) is 11.0. The minimum atomic E-state index is 0.614. The number of nitrogens with one attached hydrogen (secondary N) is 1. The third-order valence-corrected chi connectivity index (χ3v) is 2.32. The molecule has 0 bridgehead atoms. The van der Waals surface area contributed by atoms with E-state index in [1.165, 1.54) is 0 Å². The highest BCUT2D eigenvalue weighted by atomic mass is 16.5. The first-order valence-electron chi connectivity index (χ1n) is 5.32. The van der Waals surface area contributed by atoms with Crippen molar-refractivity contribution in [3.05, 3.63) is 17.7 Å². The summed E-state index contributed by atoms with van der Waals surface area (Å²) < 4.78 is 15.8. The molecule has 0 fully saturated rings. The van der Waals surface area contributed by atoms with E-state index in [0.29, 0.717) is 23.8 Å². The Morgan fingerprint density at radius 3 is 1.88 bits per heavy atom. The van der Waals surface area contributed by atoms with E-state index in [4.69, 9.17) is 14.2 Å². The van der Waals surface area contributed by atoms with Crippen molar-refractivity contribution in [2.45, 2.75) is 6.54 Å². The molecule has 0 radical (unpaired) electrons. The van der Waals surface area contributed by atoms with Gasteiger partial charge < -0.3 is 14.2 Å². The van der Waals surface area contributed by atoms with Gasteiger partial charge in [0.2, 0.25) is 5.75 Å². The van der Waals surface area contributed by atoms with Gasteiger partial charge in [0.15, 0.2) is 11.5 Å². The Morgan fingerprint density at radius 1 is 1.00 bits per heavy atom. The maximum Gasteiger partial charge on any atom is 0.203 e. The lowest BCUT2D eigenvalue weighted by molar-refractivity contribution is 0.284. The van der Waals surface area contributed by atoms with Crippen molar-refractivity contribution in [2.24, 2.45) is 0 Å². The lowest BCUT2D eigenvalue weighted by Gasteiger charge is -2.16. The van der Waals surface area contributed by atoms with Gasteiger partial charge in [-0.25, -0.2) is 0 Å². The summed E-state index contributed by atoms with van der Waals surface area (Å²) in [6.07, 6.45) is 0. The van der Waals surface area contributed by atoms with E-state index in [9.17, 15) is 0 Å². The van der Waals surface area contributed by atoms with E-state index >= 15 is 0 Å². The van der Waals surface area contributed by atoms with E-state index in [1.54, 1.807) is 21.3 Å². The highest BCUT2D eigenvalue weighted by Gasteiger charge is 2.12. The second-order valence-corrected chi connectivity index (χ2v) is 3.76. The first-order valence-corrected chi connectivity index (χ1v) is 5.32. The summed E-state index contributed by atoms with van der Waals surface area (Å²) >= 11 is 0. The molecule has 0 atom stereocenters. The van der Waals surface area contributed by atoms with Gasteiger partial charge in [-0.15, -0.1) is 0 Å². The van der Waals surface area contributed by atoms with Crippen LogP contribution >= 0.6 is 0 Å². The van der Waals surface area contributed by atoms with Crippen molar-refractivity contribution < 1.29 is 14.2 Å². The average Bonchev–Trinajstić information content (AvgIpc) is 2.34. The highest BCUT2D eigenvalue weighted by molar-refractivity contribution is 5.53. The molecular weight excluding hydrogens is 220 g/mol. The summed E-state index contributed by atoms with van der Waals surface area (Å²) in [5.74, 6) is 1.95. The fourth-order valence-corrected chi connectivity index (χ4v) is 1.49. The molecule has 0 aliphatic rings. The third-order valence-electron chi connectivity index (χ3n) is 2.32. The number of ether oxygens (including phenoxy) is 3. The molecule has 0 aliphatic carbocycles. The van der Waals surface area contributed by atoms with Crippen LogP contribution in [0.5, 0.6) is 17.2 Å². The molecule has 1 N–H and O–H groups in total. The van der Waals surface area contributed by atoms with Gasteiger partial charge in [0.1, 0.15) is 0 Å². The second-order valence-electron chi connectivity index (χ2n) is 3.76. The van der Waals surface area contributed by atoms with Crippen LogP contribution in [0, 0.1) is 0 Å². The molecule has 0 heterocycles. The Balaban J connectivity index is 3.00. The number of benzene rings is 1. The van der Waals surface area contributed by atoms with Crippen LogP contribution in [0.1, 0.15) is 5.56 Å². The van der Waals surface area contributed by atoms with Crippen LogP contribution in [0.2, 0.25) is 0 Å². The molecule has 0 aromatic heterocycles. The first kappa shape index (κ1) is 13.6. The Kier molecular flexibility index (Phi) is 5.06. The zero-order valence-corrected chi connectivity index (χ0v) is 11.0. The number of nitrogens with zero attached hydrogens (tertiary/aromatic N) is 1. The zero-order chi connectivity index (χ0) is 12.8. The Morgan fingerprint density at radius 2 is 1.53 bits per heavy atom. The van der Waals surface area contributed by atoms with Crippen molar-refractivity contribution in [1.82, 2.24) is 10.4 Å². The van der Waals surface area contributed by atoms with Gasteiger partial charge in [-0.1, -0.05) is 0 Å². The van der Waals surface area contributed by atoms with E-state index < -0.39 is 0 Å². The molecule has 1 aromatic rings. The van der Waals surface area contributed by atoms with Crippen LogP contribution < -0.4 is 19.6 Å². The quantitative estimate of drug-likeness (QED) is 0.759. The summed E-state index contributed by atoms with van der Waals surface area (Å²) in [4.78, 5) is 0. The molecule has 0 saturated carbocycles. The Hall–Kier alpha value is -1.46. The molecule has 0 unspecified atom stereocenters. The van der Waals surface area contributed by atoms with Gasteiger partial charge in [0, 0.05) is 20.6 Å². The van der Waals surface area contributed by atoms with Gasteiger partial charge in [-0.05, 0) is 17.7 Å². The van der Waals surface area contributed by atoms with Crippen molar-refractivity contribution in [2.75, 3.05) is 35.4 Å². The van der Waals surface area contributed by atoms with Crippen LogP contribution in [-0.4, -0.2) is 40.4 Å². The minimum Gasteiger partial charge on any atom is -0.493 e. The number of hydrazine groups is 1. The third kappa shape index (κ3) is 3.51. The SMILES string of the molecule is COc1cc(CNN(C)C)cc(OC)c1OC. The summed E-state index contributed by atoms with van der Waals surface area (Å²) in [7, 11) is 8.70. The van der Waals surface area contributed by atoms with Crippen molar-refractivity contribution in [3.63, 3.8) is 0 Å². The highest BCUT2D eigenvalue weighted by Crippen LogP contribution is 2.38. The fraction of sp³-hybridized carbons (Fsp3) is 0.500. The van der Waals surface area contributed by atoms with Crippen LogP contribution in [0.4, 0.5) is 0 Å². The van der Waals surface area contributed by atoms with Crippen LogP contribution in [-0.2, 0) is 6.54 Å². The summed E-state index contributed by atoms with van der Waals surface area (Å²) in [6, 6.07) is 3.86. The fourth-order valence-electron chi connectivity index (χ4n) is 1.49. The minimum absolute atomic E-state index is 0.614. The molecule has 5 nitrogen and oxygen atoms in total. The lowest BCUT2D eigenvalue weighted by Crippen LogP contribution is -2.29. The van der Waals surface area contributed by atoms with Crippen molar-refractivity contribution in [1.29, 1.82) is 0 Å². The standard InChI is InChI=1S/C12H20N2O3/c1-14(2)13-8-9-6-10(15-3)12(17-5)11(7-9)16-4/h6-7,13H,8H2,1-5H3. The number of hydrogen-bond acceptors (Lipinski definition) is 5. The average molecular weight is 240 g/mol. The molecule has 1 rings (SSSR count). The largest absolute Gasteiger partial charge is 0.493 e. The van der Waals surface area contributed by atoms with Crippen LogP contribution in [0.15, 0.2) is 12.1 Å². The van der Waals surface area contributed by atoms with E-state index in [1.807, 2.05) is 31.2 Å². The number of rotatable bonds is 6. The molecule has 0 spiro atoms. The molecule has 0 amide bonds. The smallest absolute Gasteiger partial charge is 0.203 e. The van der Waals surface area contributed by atoms with Crippen LogP contribution in [0.3, 0.4) is 0 Å². The second kappa shape index (κ2) is 6.32. The molecule has 17 heavy (non-hydrogen) atoms. The molecule has 96 valence electrons. The molecule has 1 aromatic carbocycles. The number of hydrogen-bond donors (Lipinski definition) is 1. The Bertz CT molecular complexity index is 342. The van der Waals surface area contributed by atoms with Crippen molar-refractivity contribution in [3.8, 4) is 17.2 Å². The van der Waals surface area contributed by atoms with Gasteiger partial charge in [-0.2, -0.15) is 0 Å². The number of methoxy groups -OCH3 is 3. The van der Waals surface area contributed by atoms with E-state index in [0.717, 1.165) is 5.56 Å². The Labute approximate surface area is 102 Å². The van der Waals surface area contributed by atoms with Gasteiger partial charge in [0.25, 0.3) is 0 Å². The van der Waals surface area contributed by atoms with E-state index in [2.05, 4.69) is 5.43 Å². The molecule has 0 aliphatic heterocycles. The van der Waals surface area contributed by atoms with Gasteiger partial charge in [-0.3, -0.25) is 10.4 Å². The summed E-state index contributed by atoms with van der Waals surface area (Å²) in [6.45, 7) is 0.698. The maximum atomic E-state index is 5.28. The predicted molar refractivity (Wildman–Crippen MR) is 66.6 cm³/mol. The van der Waals surface area contributed by atoms with Crippen molar-refractivity contribution >= 4 is 0 Å². The lowest BCUT2D eigenvalue weighted by atomic mass is 10.2. The van der Waals surface area contributed by atoms with Gasteiger partial charge in [0.05, 0.1) is 21.3 Å². The maximum absolute atomic E-state index is 5.28. The molecule has 0 saturated heterocycles. The first-order chi connectivity index (χ1) is 8.12. The van der Waals surface area contributed by atoms with Gasteiger partial charge >= 0.3 is 0 Å². The summed E-state index contributed by atoms with van der Waals surface area (Å²) in [5, 5.41) is 1.89. The summed E-state index contributed by atoms with van der Waals surface area (Å²) in [5.41, 5.74) is 4.25. The molecule has 5 heteroatoms. The predicted octanol–water partition coefficient (Wildman–Crippen LogP) is 1.28. The van der Waals surface area contributed by atoms with E-state index in [-0.39, 0.29) is 0 Å². The van der Waals surface area contributed by atoms with Crippen LogP contribution in [0.25, 0.3) is 0 Å².